The van der Waals surface area contributed by atoms with E-state index in [1.165, 1.54) is 23.1 Å². The zero-order valence-corrected chi connectivity index (χ0v) is 10.00. The maximum absolute atomic E-state index is 12.1. The minimum atomic E-state index is -0.626. The van der Waals surface area contributed by atoms with Crippen LogP contribution >= 0.6 is 0 Å². The Labute approximate surface area is 104 Å². The molecule has 0 spiro atoms. The number of nitrogens with zero attached hydrogens (tertiary/aromatic N) is 2. The van der Waals surface area contributed by atoms with E-state index in [1.807, 2.05) is 0 Å². The molecule has 7 heteroatoms. The van der Waals surface area contributed by atoms with E-state index in [9.17, 15) is 14.9 Å². The largest absolute Gasteiger partial charge is 0.399 e. The number of likely N-dealkylation sites (N-methyl/N-ethyl adjacent to an activating group) is 1. The van der Waals surface area contributed by atoms with Crippen molar-refractivity contribution in [2.45, 2.75) is 6.92 Å². The number of aliphatic hydroxyl groups excluding tert-OH is 1. The maximum Gasteiger partial charge on any atom is 0.282 e. The molecule has 18 heavy (non-hydrogen) atoms. The van der Waals surface area contributed by atoms with Crippen LogP contribution in [0.15, 0.2) is 18.2 Å². The summed E-state index contributed by atoms with van der Waals surface area (Å²) >= 11 is 0. The summed E-state index contributed by atoms with van der Waals surface area (Å²) < 4.78 is 0. The number of nitrogen functional groups attached to an aromatic ring is 1. The van der Waals surface area contributed by atoms with Gasteiger partial charge in [-0.05, 0) is 19.1 Å². The van der Waals surface area contributed by atoms with Gasteiger partial charge in [0.25, 0.3) is 11.6 Å². The Morgan fingerprint density at radius 1 is 1.56 bits per heavy atom. The van der Waals surface area contributed by atoms with E-state index in [4.69, 9.17) is 10.8 Å². The summed E-state index contributed by atoms with van der Waals surface area (Å²) in [6.45, 7) is 2.01. The Bertz CT molecular complexity index is 462. The minimum absolute atomic E-state index is 0.0599. The number of nitrogens with two attached hydrogens (primary N) is 1. The molecule has 0 aliphatic carbocycles. The quantitative estimate of drug-likeness (QED) is 0.454. The number of rotatable bonds is 5. The number of nitro benzene ring substituents is 1. The molecule has 0 aromatic heterocycles. The minimum Gasteiger partial charge on any atom is -0.399 e. The summed E-state index contributed by atoms with van der Waals surface area (Å²) in [5.74, 6) is -0.509. The number of anilines is 1. The number of nitro groups is 1. The van der Waals surface area contributed by atoms with Crippen molar-refractivity contribution in [3.05, 3.63) is 33.9 Å². The van der Waals surface area contributed by atoms with Crippen LogP contribution in [-0.2, 0) is 0 Å². The highest BCUT2D eigenvalue weighted by molar-refractivity contribution is 5.99. The Balaban J connectivity index is 3.17. The van der Waals surface area contributed by atoms with Crippen LogP contribution in [0, 0.1) is 10.1 Å². The van der Waals surface area contributed by atoms with Crippen molar-refractivity contribution < 1.29 is 14.8 Å². The van der Waals surface area contributed by atoms with Gasteiger partial charge in [-0.15, -0.1) is 0 Å². The first-order chi connectivity index (χ1) is 8.51. The third-order valence-electron chi connectivity index (χ3n) is 2.49. The number of carbonyl (C=O) groups excluding carboxylic acids is 1. The van der Waals surface area contributed by atoms with Gasteiger partial charge in [0, 0.05) is 24.8 Å². The Kier molecular flexibility index (Phi) is 4.61. The van der Waals surface area contributed by atoms with Crippen molar-refractivity contribution in [1.29, 1.82) is 0 Å². The zero-order valence-electron chi connectivity index (χ0n) is 10.00. The van der Waals surface area contributed by atoms with Crippen LogP contribution in [0.1, 0.15) is 17.3 Å². The fourth-order valence-electron chi connectivity index (χ4n) is 1.58. The molecule has 0 fully saturated rings. The molecule has 0 heterocycles. The number of amides is 1. The van der Waals surface area contributed by atoms with E-state index in [-0.39, 0.29) is 30.1 Å². The lowest BCUT2D eigenvalue weighted by atomic mass is 10.1. The molecule has 7 nitrogen and oxygen atoms in total. The molecule has 1 aromatic carbocycles. The molecule has 0 bridgehead atoms. The lowest BCUT2D eigenvalue weighted by molar-refractivity contribution is -0.385. The molecule has 1 aromatic rings. The zero-order chi connectivity index (χ0) is 13.7. The first-order valence-corrected chi connectivity index (χ1v) is 5.45. The predicted octanol–water partition coefficient (Wildman–Crippen LogP) is 0.631. The van der Waals surface area contributed by atoms with Gasteiger partial charge in [-0.25, -0.2) is 0 Å². The molecule has 0 aliphatic rings. The van der Waals surface area contributed by atoms with Crippen LogP contribution in [0.25, 0.3) is 0 Å². The topological polar surface area (TPSA) is 110 Å². The third-order valence-corrected chi connectivity index (χ3v) is 2.49. The van der Waals surface area contributed by atoms with Crippen LogP contribution in [0.4, 0.5) is 11.4 Å². The maximum atomic E-state index is 12.1. The molecule has 0 unspecified atom stereocenters. The van der Waals surface area contributed by atoms with Crippen molar-refractivity contribution in [2.75, 3.05) is 25.4 Å². The molecule has 0 radical (unpaired) electrons. The molecular weight excluding hydrogens is 238 g/mol. The van der Waals surface area contributed by atoms with Gasteiger partial charge in [-0.3, -0.25) is 14.9 Å². The first-order valence-electron chi connectivity index (χ1n) is 5.45. The molecule has 3 N–H and O–H groups in total. The van der Waals surface area contributed by atoms with Gasteiger partial charge < -0.3 is 15.7 Å². The standard InChI is InChI=1S/C11H15N3O4/c1-2-13(5-6-15)11(16)9-7-8(12)3-4-10(9)14(17)18/h3-4,7,15H,2,5-6,12H2,1H3. The average Bonchev–Trinajstić information content (AvgIpc) is 2.34. The molecule has 0 saturated carbocycles. The van der Waals surface area contributed by atoms with Crippen LogP contribution in [0.2, 0.25) is 0 Å². The summed E-state index contributed by atoms with van der Waals surface area (Å²) in [7, 11) is 0. The van der Waals surface area contributed by atoms with Gasteiger partial charge in [0.15, 0.2) is 0 Å². The smallest absolute Gasteiger partial charge is 0.282 e. The van der Waals surface area contributed by atoms with Crippen molar-refractivity contribution in [3.8, 4) is 0 Å². The third kappa shape index (κ3) is 2.95. The van der Waals surface area contributed by atoms with Crippen LogP contribution < -0.4 is 5.73 Å². The first kappa shape index (κ1) is 13.9. The fraction of sp³-hybridized carbons (Fsp3) is 0.364. The molecular formula is C11H15N3O4. The van der Waals surface area contributed by atoms with E-state index in [1.54, 1.807) is 6.92 Å². The normalized spacial score (nSPS) is 10.1. The van der Waals surface area contributed by atoms with Crippen LogP contribution in [-0.4, -0.2) is 40.5 Å². The van der Waals surface area contributed by atoms with Gasteiger partial charge in [-0.2, -0.15) is 0 Å². The lowest BCUT2D eigenvalue weighted by Crippen LogP contribution is -2.33. The molecule has 1 amide bonds. The number of carbonyl (C=O) groups is 1. The Morgan fingerprint density at radius 2 is 2.22 bits per heavy atom. The van der Waals surface area contributed by atoms with E-state index in [0.717, 1.165) is 0 Å². The molecule has 1 rings (SSSR count). The number of hydrogen-bond donors (Lipinski definition) is 2. The van der Waals surface area contributed by atoms with E-state index in [0.29, 0.717) is 6.54 Å². The van der Waals surface area contributed by atoms with Gasteiger partial charge in [0.1, 0.15) is 5.56 Å². The highest BCUT2D eigenvalue weighted by Gasteiger charge is 2.23. The second kappa shape index (κ2) is 5.97. The molecule has 0 saturated heterocycles. The van der Waals surface area contributed by atoms with Gasteiger partial charge in [0.05, 0.1) is 11.5 Å². The number of hydrogen-bond acceptors (Lipinski definition) is 5. The van der Waals surface area contributed by atoms with Crippen molar-refractivity contribution in [2.24, 2.45) is 0 Å². The van der Waals surface area contributed by atoms with Crippen LogP contribution in [0.3, 0.4) is 0 Å². The number of benzene rings is 1. The van der Waals surface area contributed by atoms with E-state index < -0.39 is 10.8 Å². The fourth-order valence-corrected chi connectivity index (χ4v) is 1.58. The summed E-state index contributed by atoms with van der Waals surface area (Å²) in [6, 6.07) is 3.85. The second-order valence-electron chi connectivity index (χ2n) is 3.64. The second-order valence-corrected chi connectivity index (χ2v) is 3.64. The molecule has 0 atom stereocenters. The summed E-state index contributed by atoms with van der Waals surface area (Å²) in [6.07, 6.45) is 0. The van der Waals surface area contributed by atoms with Crippen molar-refractivity contribution >= 4 is 17.3 Å². The lowest BCUT2D eigenvalue weighted by Gasteiger charge is -2.19. The summed E-state index contributed by atoms with van der Waals surface area (Å²) in [5, 5.41) is 19.7. The molecule has 98 valence electrons. The highest BCUT2D eigenvalue weighted by atomic mass is 16.6. The Hall–Kier alpha value is -2.15. The summed E-state index contributed by atoms with van der Waals surface area (Å²) in [4.78, 5) is 23.6. The predicted molar refractivity (Wildman–Crippen MR) is 66.2 cm³/mol. The Morgan fingerprint density at radius 3 is 2.72 bits per heavy atom. The van der Waals surface area contributed by atoms with Crippen molar-refractivity contribution in [1.82, 2.24) is 4.90 Å². The van der Waals surface area contributed by atoms with Crippen molar-refractivity contribution in [3.63, 3.8) is 0 Å². The van der Waals surface area contributed by atoms with Gasteiger partial charge >= 0.3 is 0 Å². The number of aliphatic hydroxyl groups is 1. The van der Waals surface area contributed by atoms with E-state index >= 15 is 0 Å². The SMILES string of the molecule is CCN(CCO)C(=O)c1cc(N)ccc1[N+](=O)[O-]. The van der Waals surface area contributed by atoms with Crippen LogP contribution in [0.5, 0.6) is 0 Å². The van der Waals surface area contributed by atoms with Gasteiger partial charge in [0.2, 0.25) is 0 Å². The van der Waals surface area contributed by atoms with Gasteiger partial charge in [-0.1, -0.05) is 0 Å². The van der Waals surface area contributed by atoms with E-state index in [2.05, 4.69) is 0 Å². The summed E-state index contributed by atoms with van der Waals surface area (Å²) in [5.41, 5.74) is 5.47. The molecule has 0 aliphatic heterocycles. The average molecular weight is 253 g/mol. The highest BCUT2D eigenvalue weighted by Crippen LogP contribution is 2.22. The monoisotopic (exact) mass is 253 g/mol.